The number of likely N-dealkylation sites (tertiary alicyclic amines) is 1. The molecule has 0 aromatic carbocycles. The van der Waals surface area contributed by atoms with Crippen LogP contribution in [-0.2, 0) is 4.79 Å². The van der Waals surface area contributed by atoms with E-state index < -0.39 is 0 Å². The first kappa shape index (κ1) is 14.8. The largest absolute Gasteiger partial charge is 0.341 e. The van der Waals surface area contributed by atoms with Crippen LogP contribution in [0.1, 0.15) is 58.8 Å². The van der Waals surface area contributed by atoms with Crippen molar-refractivity contribution in [3.8, 4) is 0 Å². The summed E-state index contributed by atoms with van der Waals surface area (Å²) in [6.07, 6.45) is 8.58. The van der Waals surface area contributed by atoms with Crippen LogP contribution in [0.25, 0.3) is 0 Å². The zero-order valence-electron chi connectivity index (χ0n) is 12.6. The Kier molecular flexibility index (Phi) is 5.26. The van der Waals surface area contributed by atoms with Crippen LogP contribution in [0.15, 0.2) is 0 Å². The van der Waals surface area contributed by atoms with Gasteiger partial charge in [0.05, 0.1) is 6.04 Å². The van der Waals surface area contributed by atoms with Crippen LogP contribution in [0.3, 0.4) is 0 Å². The van der Waals surface area contributed by atoms with Crippen LogP contribution in [-0.4, -0.2) is 29.9 Å². The van der Waals surface area contributed by atoms with Gasteiger partial charge in [-0.05, 0) is 30.6 Å². The SMILES string of the molecule is CC1CCN(C(=O)C(N)CC2CCCCC2)CC1C. The zero-order chi connectivity index (χ0) is 13.8. The molecular formula is C16H30N2O. The van der Waals surface area contributed by atoms with Crippen LogP contribution in [0, 0.1) is 17.8 Å². The van der Waals surface area contributed by atoms with Gasteiger partial charge in [0.1, 0.15) is 0 Å². The predicted molar refractivity (Wildman–Crippen MR) is 78.7 cm³/mol. The lowest BCUT2D eigenvalue weighted by Crippen LogP contribution is -2.49. The fourth-order valence-corrected chi connectivity index (χ4v) is 3.58. The van der Waals surface area contributed by atoms with Crippen molar-refractivity contribution < 1.29 is 4.79 Å². The molecule has 2 rings (SSSR count). The number of hydrogen-bond acceptors (Lipinski definition) is 2. The lowest BCUT2D eigenvalue weighted by Gasteiger charge is -2.37. The van der Waals surface area contributed by atoms with Crippen molar-refractivity contribution in [3.05, 3.63) is 0 Å². The van der Waals surface area contributed by atoms with E-state index in [0.717, 1.165) is 31.8 Å². The second kappa shape index (κ2) is 6.74. The third-order valence-electron chi connectivity index (χ3n) is 5.28. The van der Waals surface area contributed by atoms with Crippen molar-refractivity contribution in [1.29, 1.82) is 0 Å². The van der Waals surface area contributed by atoms with Gasteiger partial charge < -0.3 is 10.6 Å². The number of piperidine rings is 1. The number of carbonyl (C=O) groups is 1. The fourth-order valence-electron chi connectivity index (χ4n) is 3.58. The normalized spacial score (nSPS) is 31.2. The minimum absolute atomic E-state index is 0.198. The number of hydrogen-bond donors (Lipinski definition) is 1. The van der Waals surface area contributed by atoms with Crippen LogP contribution < -0.4 is 5.73 Å². The van der Waals surface area contributed by atoms with E-state index in [2.05, 4.69) is 13.8 Å². The van der Waals surface area contributed by atoms with Gasteiger partial charge in [0.2, 0.25) is 5.91 Å². The van der Waals surface area contributed by atoms with Gasteiger partial charge in [-0.25, -0.2) is 0 Å². The predicted octanol–water partition coefficient (Wildman–Crippen LogP) is 2.79. The number of nitrogens with two attached hydrogens (primary N) is 1. The number of amides is 1. The highest BCUT2D eigenvalue weighted by Gasteiger charge is 2.30. The Balaban J connectivity index is 1.81. The van der Waals surface area contributed by atoms with E-state index in [4.69, 9.17) is 5.73 Å². The van der Waals surface area contributed by atoms with Crippen molar-refractivity contribution >= 4 is 5.91 Å². The van der Waals surface area contributed by atoms with Gasteiger partial charge in [-0.1, -0.05) is 46.0 Å². The Morgan fingerprint density at radius 2 is 1.84 bits per heavy atom. The first-order valence-electron chi connectivity index (χ1n) is 8.12. The highest BCUT2D eigenvalue weighted by molar-refractivity contribution is 5.81. The molecule has 1 aliphatic carbocycles. The molecule has 19 heavy (non-hydrogen) atoms. The molecule has 0 bridgehead atoms. The maximum Gasteiger partial charge on any atom is 0.239 e. The maximum absolute atomic E-state index is 12.4. The first-order chi connectivity index (χ1) is 9.08. The van der Waals surface area contributed by atoms with Crippen molar-refractivity contribution in [3.63, 3.8) is 0 Å². The summed E-state index contributed by atoms with van der Waals surface area (Å²) in [6.45, 7) is 6.34. The average Bonchev–Trinajstić information content (AvgIpc) is 2.42. The van der Waals surface area contributed by atoms with E-state index in [1.54, 1.807) is 0 Å². The third-order valence-corrected chi connectivity index (χ3v) is 5.28. The van der Waals surface area contributed by atoms with Crippen molar-refractivity contribution in [1.82, 2.24) is 4.90 Å². The molecule has 1 saturated carbocycles. The molecule has 2 N–H and O–H groups in total. The van der Waals surface area contributed by atoms with E-state index in [-0.39, 0.29) is 11.9 Å². The maximum atomic E-state index is 12.4. The Labute approximate surface area is 117 Å². The molecular weight excluding hydrogens is 236 g/mol. The molecule has 0 spiro atoms. The van der Waals surface area contributed by atoms with Gasteiger partial charge in [-0.15, -0.1) is 0 Å². The molecule has 0 radical (unpaired) electrons. The van der Waals surface area contributed by atoms with Gasteiger partial charge in [-0.3, -0.25) is 4.79 Å². The number of nitrogens with zero attached hydrogens (tertiary/aromatic N) is 1. The van der Waals surface area contributed by atoms with Crippen molar-refractivity contribution in [2.75, 3.05) is 13.1 Å². The van der Waals surface area contributed by atoms with Gasteiger partial charge in [0, 0.05) is 13.1 Å². The van der Waals surface area contributed by atoms with Crippen LogP contribution in [0.4, 0.5) is 0 Å². The summed E-state index contributed by atoms with van der Waals surface area (Å²) in [5.41, 5.74) is 6.17. The molecule has 0 aromatic heterocycles. The molecule has 3 atom stereocenters. The summed E-state index contributed by atoms with van der Waals surface area (Å²) < 4.78 is 0. The summed E-state index contributed by atoms with van der Waals surface area (Å²) in [4.78, 5) is 14.4. The van der Waals surface area contributed by atoms with Crippen LogP contribution in [0.2, 0.25) is 0 Å². The molecule has 2 aliphatic rings. The summed E-state index contributed by atoms with van der Waals surface area (Å²) in [5.74, 6) is 2.23. The Morgan fingerprint density at radius 1 is 1.16 bits per heavy atom. The molecule has 1 saturated heterocycles. The zero-order valence-corrected chi connectivity index (χ0v) is 12.6. The fraction of sp³-hybridized carbons (Fsp3) is 0.938. The standard InChI is InChI=1S/C16H30N2O/c1-12-8-9-18(11-13(12)2)16(19)15(17)10-14-6-4-3-5-7-14/h12-15H,3-11,17H2,1-2H3. The molecule has 1 heterocycles. The van der Waals surface area contributed by atoms with E-state index in [1.165, 1.54) is 32.1 Å². The first-order valence-corrected chi connectivity index (χ1v) is 8.12. The second-order valence-corrected chi connectivity index (χ2v) is 6.87. The topological polar surface area (TPSA) is 46.3 Å². The van der Waals surface area contributed by atoms with Crippen molar-refractivity contribution in [2.45, 2.75) is 64.8 Å². The summed E-state index contributed by atoms with van der Waals surface area (Å²) >= 11 is 0. The van der Waals surface area contributed by atoms with E-state index in [1.807, 2.05) is 4.90 Å². The van der Waals surface area contributed by atoms with E-state index in [9.17, 15) is 4.79 Å². The molecule has 1 aliphatic heterocycles. The summed E-state index contributed by atoms with van der Waals surface area (Å²) in [6, 6.07) is -0.260. The Hall–Kier alpha value is -0.570. The molecule has 110 valence electrons. The Bertz CT molecular complexity index is 299. The molecule has 3 unspecified atom stereocenters. The summed E-state index contributed by atoms with van der Waals surface area (Å²) in [5, 5.41) is 0. The van der Waals surface area contributed by atoms with Gasteiger partial charge in [-0.2, -0.15) is 0 Å². The molecule has 1 amide bonds. The number of carbonyl (C=O) groups excluding carboxylic acids is 1. The third kappa shape index (κ3) is 3.95. The van der Waals surface area contributed by atoms with Crippen LogP contribution in [0.5, 0.6) is 0 Å². The highest BCUT2D eigenvalue weighted by Crippen LogP contribution is 2.28. The monoisotopic (exact) mass is 266 g/mol. The van der Waals surface area contributed by atoms with Gasteiger partial charge in [0.25, 0.3) is 0 Å². The van der Waals surface area contributed by atoms with Crippen LogP contribution >= 0.6 is 0 Å². The quantitative estimate of drug-likeness (QED) is 0.854. The molecule has 3 nitrogen and oxygen atoms in total. The minimum atomic E-state index is -0.260. The second-order valence-electron chi connectivity index (χ2n) is 6.87. The Morgan fingerprint density at radius 3 is 2.47 bits per heavy atom. The van der Waals surface area contributed by atoms with Gasteiger partial charge >= 0.3 is 0 Å². The lowest BCUT2D eigenvalue weighted by atomic mass is 9.84. The molecule has 3 heteroatoms. The minimum Gasteiger partial charge on any atom is -0.341 e. The number of rotatable bonds is 3. The highest BCUT2D eigenvalue weighted by atomic mass is 16.2. The molecule has 2 fully saturated rings. The van der Waals surface area contributed by atoms with E-state index in [0.29, 0.717) is 11.8 Å². The van der Waals surface area contributed by atoms with Gasteiger partial charge in [0.15, 0.2) is 0 Å². The average molecular weight is 266 g/mol. The lowest BCUT2D eigenvalue weighted by molar-refractivity contribution is -0.135. The smallest absolute Gasteiger partial charge is 0.239 e. The molecule has 0 aromatic rings. The van der Waals surface area contributed by atoms with E-state index >= 15 is 0 Å². The summed E-state index contributed by atoms with van der Waals surface area (Å²) in [7, 11) is 0. The van der Waals surface area contributed by atoms with Crippen molar-refractivity contribution in [2.24, 2.45) is 23.5 Å².